The molecule has 6 aliphatic rings. The number of hydrogen-bond donors (Lipinski definition) is 2. The molecule has 35 heavy (non-hydrogen) atoms. The number of rotatable bonds is 2. The molecule has 8 unspecified atom stereocenters. The maximum absolute atomic E-state index is 9.63. The Kier molecular flexibility index (Phi) is 5.62. The zero-order chi connectivity index (χ0) is 24.9. The van der Waals surface area contributed by atoms with Crippen molar-refractivity contribution < 1.29 is 5.11 Å². The van der Waals surface area contributed by atoms with Gasteiger partial charge in [-0.05, 0) is 139 Å². The highest BCUT2D eigenvalue weighted by Crippen LogP contribution is 2.75. The Labute approximate surface area is 215 Å². The van der Waals surface area contributed by atoms with Crippen LogP contribution in [-0.4, -0.2) is 17.3 Å². The van der Waals surface area contributed by atoms with Gasteiger partial charge in [0.25, 0.3) is 0 Å². The molecule has 4 fully saturated rings. The zero-order valence-electron chi connectivity index (χ0n) is 23.5. The number of hydrogen-bond acceptors (Lipinski definition) is 2. The van der Waals surface area contributed by atoms with Crippen LogP contribution in [0.2, 0.25) is 0 Å². The Morgan fingerprint density at radius 1 is 0.829 bits per heavy atom. The number of fused-ring (bicyclic) bond motifs is 7. The fourth-order valence-electron chi connectivity index (χ4n) is 12.1. The predicted octanol–water partition coefficient (Wildman–Crippen LogP) is 7.81. The van der Waals surface area contributed by atoms with E-state index in [9.17, 15) is 5.11 Å². The summed E-state index contributed by atoms with van der Waals surface area (Å²) in [5.41, 5.74) is 12.1. The lowest BCUT2D eigenvalue weighted by atomic mass is 9.33. The van der Waals surface area contributed by atoms with E-state index in [1.54, 1.807) is 11.1 Å². The minimum Gasteiger partial charge on any atom is -0.396 e. The molecule has 196 valence electrons. The lowest BCUT2D eigenvalue weighted by Crippen LogP contribution is -2.66. The van der Waals surface area contributed by atoms with Gasteiger partial charge in [0.05, 0.1) is 0 Å². The number of allylic oxidation sites excluding steroid dienone is 4. The molecule has 6 aliphatic carbocycles. The Balaban J connectivity index is 1.33. The van der Waals surface area contributed by atoms with E-state index in [1.807, 2.05) is 0 Å². The molecular formula is C33H53NO. The van der Waals surface area contributed by atoms with Crippen LogP contribution in [0.15, 0.2) is 23.3 Å². The summed E-state index contributed by atoms with van der Waals surface area (Å²) in [4.78, 5) is 0. The van der Waals surface area contributed by atoms with Crippen LogP contribution in [0, 0.1) is 51.2 Å². The van der Waals surface area contributed by atoms with Gasteiger partial charge in [0, 0.05) is 12.1 Å². The van der Waals surface area contributed by atoms with Crippen LogP contribution >= 0.6 is 0 Å². The van der Waals surface area contributed by atoms with Gasteiger partial charge in [0.15, 0.2) is 0 Å². The van der Waals surface area contributed by atoms with Crippen molar-refractivity contribution >= 4 is 0 Å². The number of nitrogens with two attached hydrogens (primary N) is 1. The molecule has 3 N–H and O–H groups in total. The first-order chi connectivity index (χ1) is 16.5. The SMILES string of the molecule is CC1(C)C(C2=CCC(CO)CC2)=CCC2(C)C1CCC1(C)C2CCC2C3CCCC3(N)CC[C@]21C. The fourth-order valence-corrected chi connectivity index (χ4v) is 12.1. The van der Waals surface area contributed by atoms with E-state index < -0.39 is 0 Å². The Morgan fingerprint density at radius 3 is 2.34 bits per heavy atom. The standard InChI is InChI=1S/C33H53NO/c1-29(2)24(23-10-8-22(21-35)9-11-23)14-17-30(3)27(29)15-18-32(5)28(30)13-12-25-26-7-6-16-33(26,34)20-19-31(25,32)4/h10,14,22,25-28,35H,6-9,11-13,15-21,34H2,1-5H3/t22?,25?,26?,27?,28?,30?,31-,32?,33?/m1/s1. The van der Waals surface area contributed by atoms with Crippen LogP contribution in [0.1, 0.15) is 118 Å². The van der Waals surface area contributed by atoms with Gasteiger partial charge in [-0.15, -0.1) is 0 Å². The molecule has 0 heterocycles. The van der Waals surface area contributed by atoms with Crippen molar-refractivity contribution in [1.29, 1.82) is 0 Å². The Hall–Kier alpha value is -0.600. The van der Waals surface area contributed by atoms with E-state index in [4.69, 9.17) is 5.73 Å². The molecule has 2 nitrogen and oxygen atoms in total. The van der Waals surface area contributed by atoms with Gasteiger partial charge >= 0.3 is 0 Å². The van der Waals surface area contributed by atoms with Gasteiger partial charge in [-0.25, -0.2) is 0 Å². The Morgan fingerprint density at radius 2 is 1.63 bits per heavy atom. The smallest absolute Gasteiger partial charge is 0.0462 e. The quantitative estimate of drug-likeness (QED) is 0.424. The maximum Gasteiger partial charge on any atom is 0.0462 e. The van der Waals surface area contributed by atoms with Gasteiger partial charge in [-0.3, -0.25) is 0 Å². The summed E-state index contributed by atoms with van der Waals surface area (Å²) in [5.74, 6) is 3.70. The summed E-state index contributed by atoms with van der Waals surface area (Å²) in [5, 5.41) is 9.63. The third-order valence-electron chi connectivity index (χ3n) is 14.1. The van der Waals surface area contributed by atoms with Crippen molar-refractivity contribution in [3.63, 3.8) is 0 Å². The summed E-state index contributed by atoms with van der Waals surface area (Å²) < 4.78 is 0. The molecular weight excluding hydrogens is 426 g/mol. The van der Waals surface area contributed by atoms with Crippen molar-refractivity contribution in [2.75, 3.05) is 6.61 Å². The van der Waals surface area contributed by atoms with Crippen molar-refractivity contribution in [2.24, 2.45) is 57.0 Å². The van der Waals surface area contributed by atoms with Crippen molar-refractivity contribution in [3.8, 4) is 0 Å². The van der Waals surface area contributed by atoms with Gasteiger partial charge < -0.3 is 10.8 Å². The van der Waals surface area contributed by atoms with Gasteiger partial charge in [0.1, 0.15) is 0 Å². The molecule has 0 aromatic rings. The van der Waals surface area contributed by atoms with E-state index in [2.05, 4.69) is 46.8 Å². The third kappa shape index (κ3) is 3.20. The molecule has 0 aliphatic heterocycles. The van der Waals surface area contributed by atoms with Crippen LogP contribution in [0.5, 0.6) is 0 Å². The summed E-state index contributed by atoms with van der Waals surface area (Å²) in [6.07, 6.45) is 22.2. The maximum atomic E-state index is 9.63. The van der Waals surface area contributed by atoms with Crippen LogP contribution < -0.4 is 5.73 Å². The molecule has 0 amide bonds. The molecule has 0 aromatic carbocycles. The molecule has 0 saturated heterocycles. The molecule has 2 heteroatoms. The second-order valence-corrected chi connectivity index (χ2v) is 15.5. The minimum atomic E-state index is 0.154. The van der Waals surface area contributed by atoms with Crippen molar-refractivity contribution in [2.45, 2.75) is 124 Å². The summed E-state index contributed by atoms with van der Waals surface area (Å²) in [6, 6.07) is 0. The summed E-state index contributed by atoms with van der Waals surface area (Å²) >= 11 is 0. The Bertz CT molecular complexity index is 931. The molecule has 9 atom stereocenters. The van der Waals surface area contributed by atoms with Crippen LogP contribution in [0.3, 0.4) is 0 Å². The molecule has 0 radical (unpaired) electrons. The average molecular weight is 480 g/mol. The topological polar surface area (TPSA) is 46.2 Å². The normalized spacial score (nSPS) is 52.9. The van der Waals surface area contributed by atoms with Crippen LogP contribution in [0.25, 0.3) is 0 Å². The number of aliphatic hydroxyl groups excluding tert-OH is 1. The van der Waals surface area contributed by atoms with E-state index in [0.717, 1.165) is 42.9 Å². The first-order valence-electron chi connectivity index (χ1n) is 15.3. The molecule has 6 rings (SSSR count). The highest BCUT2D eigenvalue weighted by Gasteiger charge is 2.69. The fraction of sp³-hybridized carbons (Fsp3) is 0.879. The van der Waals surface area contributed by atoms with E-state index in [-0.39, 0.29) is 11.0 Å². The van der Waals surface area contributed by atoms with Gasteiger partial charge in [0.2, 0.25) is 0 Å². The summed E-state index contributed by atoms with van der Waals surface area (Å²) in [6.45, 7) is 13.7. The zero-order valence-corrected chi connectivity index (χ0v) is 23.5. The highest BCUT2D eigenvalue weighted by atomic mass is 16.3. The van der Waals surface area contributed by atoms with Gasteiger partial charge in [-0.2, -0.15) is 0 Å². The first-order valence-corrected chi connectivity index (χ1v) is 15.3. The van der Waals surface area contributed by atoms with E-state index >= 15 is 0 Å². The first kappa shape index (κ1) is 24.7. The van der Waals surface area contributed by atoms with Crippen molar-refractivity contribution in [3.05, 3.63) is 23.3 Å². The van der Waals surface area contributed by atoms with Crippen molar-refractivity contribution in [1.82, 2.24) is 0 Å². The van der Waals surface area contributed by atoms with Crippen LogP contribution in [0.4, 0.5) is 0 Å². The average Bonchev–Trinajstić information content (AvgIpc) is 3.21. The third-order valence-corrected chi connectivity index (χ3v) is 14.1. The number of aliphatic hydroxyl groups is 1. The largest absolute Gasteiger partial charge is 0.396 e. The second-order valence-electron chi connectivity index (χ2n) is 15.5. The molecule has 0 aromatic heterocycles. The van der Waals surface area contributed by atoms with Gasteiger partial charge in [-0.1, -0.05) is 53.2 Å². The monoisotopic (exact) mass is 479 g/mol. The lowest BCUT2D eigenvalue weighted by molar-refractivity contribution is -0.216. The van der Waals surface area contributed by atoms with E-state index in [1.165, 1.54) is 64.2 Å². The predicted molar refractivity (Wildman–Crippen MR) is 146 cm³/mol. The highest BCUT2D eigenvalue weighted by molar-refractivity contribution is 5.41. The minimum absolute atomic E-state index is 0.154. The molecule has 0 bridgehead atoms. The van der Waals surface area contributed by atoms with E-state index in [0.29, 0.717) is 28.8 Å². The molecule has 4 saturated carbocycles. The van der Waals surface area contributed by atoms with Crippen LogP contribution in [-0.2, 0) is 0 Å². The molecule has 0 spiro atoms. The second kappa shape index (κ2) is 7.95. The summed E-state index contributed by atoms with van der Waals surface area (Å²) in [7, 11) is 0. The lowest BCUT2D eigenvalue weighted by Gasteiger charge is -2.72.